The second-order valence-electron chi connectivity index (χ2n) is 4.22. The molecule has 0 aliphatic rings. The molecule has 1 aromatic carbocycles. The van der Waals surface area contributed by atoms with Gasteiger partial charge < -0.3 is 5.11 Å². The van der Waals surface area contributed by atoms with Crippen LogP contribution >= 0.6 is 11.6 Å². The Kier molecular flexibility index (Phi) is 3.94. The molecule has 0 saturated heterocycles. The molecule has 0 aliphatic heterocycles. The van der Waals surface area contributed by atoms with Gasteiger partial charge in [0.25, 0.3) is 0 Å². The van der Waals surface area contributed by atoms with E-state index in [1.165, 1.54) is 0 Å². The van der Waals surface area contributed by atoms with Crippen LogP contribution in [0.5, 0.6) is 0 Å². The van der Waals surface area contributed by atoms with E-state index in [0.29, 0.717) is 6.42 Å². The normalized spacial score (nSPS) is 10.7. The zero-order chi connectivity index (χ0) is 13.1. The van der Waals surface area contributed by atoms with Crippen molar-refractivity contribution in [3.63, 3.8) is 0 Å². The van der Waals surface area contributed by atoms with Crippen LogP contribution in [0.2, 0.25) is 5.02 Å². The van der Waals surface area contributed by atoms with Gasteiger partial charge in [-0.1, -0.05) is 29.8 Å². The molecule has 0 atom stereocenters. The Bertz CT molecular complexity index is 546. The van der Waals surface area contributed by atoms with Crippen molar-refractivity contribution >= 4 is 11.6 Å². The molecule has 0 aliphatic carbocycles. The van der Waals surface area contributed by atoms with Gasteiger partial charge in [0.15, 0.2) is 0 Å². The number of aliphatic hydroxyl groups excluding tert-OH is 1. The number of halogens is 1. The van der Waals surface area contributed by atoms with E-state index in [9.17, 15) is 5.11 Å². The first-order chi connectivity index (χ1) is 8.61. The summed E-state index contributed by atoms with van der Waals surface area (Å²) >= 11 is 6.12. The molecule has 0 amide bonds. The van der Waals surface area contributed by atoms with Crippen LogP contribution in [0.15, 0.2) is 24.3 Å². The van der Waals surface area contributed by atoms with Gasteiger partial charge in [-0.3, -0.25) is 0 Å². The van der Waals surface area contributed by atoms with E-state index in [1.807, 2.05) is 38.1 Å². The number of aromatic nitrogens is 2. The van der Waals surface area contributed by atoms with Crippen molar-refractivity contribution in [2.45, 2.75) is 26.9 Å². The number of rotatable bonds is 3. The summed E-state index contributed by atoms with van der Waals surface area (Å²) < 4.78 is 0. The Labute approximate surface area is 111 Å². The van der Waals surface area contributed by atoms with Crippen LogP contribution in [0.3, 0.4) is 0 Å². The van der Waals surface area contributed by atoms with Gasteiger partial charge in [-0.15, -0.1) is 0 Å². The lowest BCUT2D eigenvalue weighted by Crippen LogP contribution is -2.06. The smallest absolute Gasteiger partial charge is 0.133 e. The van der Waals surface area contributed by atoms with Crippen LogP contribution in [0.4, 0.5) is 0 Å². The van der Waals surface area contributed by atoms with Crippen LogP contribution < -0.4 is 0 Å². The maximum absolute atomic E-state index is 9.22. The highest BCUT2D eigenvalue weighted by Crippen LogP contribution is 2.18. The third-order valence-corrected chi connectivity index (χ3v) is 3.30. The fourth-order valence-electron chi connectivity index (χ4n) is 1.93. The van der Waals surface area contributed by atoms with Crippen molar-refractivity contribution in [2.24, 2.45) is 0 Å². The molecule has 94 valence electrons. The highest BCUT2D eigenvalue weighted by atomic mass is 35.5. The van der Waals surface area contributed by atoms with E-state index in [2.05, 4.69) is 9.97 Å². The monoisotopic (exact) mass is 262 g/mol. The van der Waals surface area contributed by atoms with Crippen molar-refractivity contribution in [2.75, 3.05) is 0 Å². The largest absolute Gasteiger partial charge is 0.392 e. The van der Waals surface area contributed by atoms with Gasteiger partial charge in [0, 0.05) is 28.4 Å². The number of nitrogens with zero attached hydrogens (tertiary/aromatic N) is 2. The first kappa shape index (κ1) is 13.0. The number of hydrogen-bond acceptors (Lipinski definition) is 3. The fourth-order valence-corrected chi connectivity index (χ4v) is 2.13. The summed E-state index contributed by atoms with van der Waals surface area (Å²) in [6.45, 7) is 3.75. The lowest BCUT2D eigenvalue weighted by atomic mass is 10.1. The summed E-state index contributed by atoms with van der Waals surface area (Å²) in [5, 5.41) is 9.95. The van der Waals surface area contributed by atoms with Crippen LogP contribution in [0.25, 0.3) is 0 Å². The Balaban J connectivity index is 2.34. The van der Waals surface area contributed by atoms with E-state index in [-0.39, 0.29) is 6.61 Å². The molecule has 0 fully saturated rings. The molecule has 0 unspecified atom stereocenters. The molecule has 1 heterocycles. The summed E-state index contributed by atoms with van der Waals surface area (Å²) in [6.07, 6.45) is 0.604. The van der Waals surface area contributed by atoms with Crippen LogP contribution in [-0.2, 0) is 13.0 Å². The summed E-state index contributed by atoms with van der Waals surface area (Å²) in [7, 11) is 0. The van der Waals surface area contributed by atoms with Gasteiger partial charge in [-0.05, 0) is 25.5 Å². The predicted octanol–water partition coefficient (Wildman–Crippen LogP) is 2.83. The van der Waals surface area contributed by atoms with Crippen molar-refractivity contribution in [3.05, 3.63) is 57.6 Å². The Morgan fingerprint density at radius 1 is 1.11 bits per heavy atom. The maximum Gasteiger partial charge on any atom is 0.133 e. The average molecular weight is 263 g/mol. The molecule has 0 bridgehead atoms. The molecule has 0 spiro atoms. The number of aryl methyl sites for hydroxylation is 2. The van der Waals surface area contributed by atoms with Crippen LogP contribution in [0.1, 0.15) is 28.3 Å². The lowest BCUT2D eigenvalue weighted by Gasteiger charge is -2.09. The van der Waals surface area contributed by atoms with Gasteiger partial charge in [0.2, 0.25) is 0 Å². The summed E-state index contributed by atoms with van der Waals surface area (Å²) in [6, 6.07) is 7.68. The zero-order valence-corrected chi connectivity index (χ0v) is 11.2. The lowest BCUT2D eigenvalue weighted by molar-refractivity contribution is 0.279. The number of aliphatic hydroxyl groups is 1. The molecular weight excluding hydrogens is 248 g/mol. The molecule has 3 nitrogen and oxygen atoms in total. The minimum absolute atomic E-state index is 0.0238. The van der Waals surface area contributed by atoms with Crippen molar-refractivity contribution < 1.29 is 5.11 Å². The zero-order valence-electron chi connectivity index (χ0n) is 10.4. The third kappa shape index (κ3) is 2.68. The van der Waals surface area contributed by atoms with E-state index in [1.54, 1.807) is 0 Å². The first-order valence-corrected chi connectivity index (χ1v) is 6.17. The molecule has 1 N–H and O–H groups in total. The van der Waals surface area contributed by atoms with Crippen molar-refractivity contribution in [1.82, 2.24) is 9.97 Å². The maximum atomic E-state index is 9.22. The third-order valence-electron chi connectivity index (χ3n) is 2.93. The molecule has 2 rings (SSSR count). The fraction of sp³-hybridized carbons (Fsp3) is 0.286. The van der Waals surface area contributed by atoms with E-state index < -0.39 is 0 Å². The van der Waals surface area contributed by atoms with Crippen molar-refractivity contribution in [1.29, 1.82) is 0 Å². The highest BCUT2D eigenvalue weighted by molar-refractivity contribution is 6.31. The molecule has 18 heavy (non-hydrogen) atoms. The molecular formula is C14H15ClN2O. The Morgan fingerprint density at radius 3 is 2.28 bits per heavy atom. The summed E-state index contributed by atoms with van der Waals surface area (Å²) in [4.78, 5) is 8.82. The Hall–Kier alpha value is -1.45. The molecule has 2 aromatic rings. The van der Waals surface area contributed by atoms with Gasteiger partial charge >= 0.3 is 0 Å². The van der Waals surface area contributed by atoms with Crippen LogP contribution in [0, 0.1) is 13.8 Å². The topological polar surface area (TPSA) is 46.0 Å². The second kappa shape index (κ2) is 5.46. The molecule has 1 aromatic heterocycles. The standard InChI is InChI=1S/C14H15ClN2O/c1-9-12(8-18)10(2)17-14(16-9)7-11-5-3-4-6-13(11)15/h3-6,18H,7-8H2,1-2H3. The van der Waals surface area contributed by atoms with E-state index in [4.69, 9.17) is 11.6 Å². The predicted molar refractivity (Wildman–Crippen MR) is 71.7 cm³/mol. The Morgan fingerprint density at radius 2 is 1.72 bits per heavy atom. The summed E-state index contributed by atoms with van der Waals surface area (Å²) in [5.74, 6) is 0.732. The van der Waals surface area contributed by atoms with E-state index in [0.717, 1.165) is 33.4 Å². The second-order valence-corrected chi connectivity index (χ2v) is 4.62. The number of benzene rings is 1. The minimum Gasteiger partial charge on any atom is -0.392 e. The van der Waals surface area contributed by atoms with Gasteiger partial charge in [0.1, 0.15) is 5.82 Å². The van der Waals surface area contributed by atoms with Gasteiger partial charge in [-0.2, -0.15) is 0 Å². The first-order valence-electron chi connectivity index (χ1n) is 5.79. The molecule has 0 saturated carbocycles. The number of hydrogen-bond donors (Lipinski definition) is 1. The highest BCUT2D eigenvalue weighted by Gasteiger charge is 2.09. The SMILES string of the molecule is Cc1nc(Cc2ccccc2Cl)nc(C)c1CO. The van der Waals surface area contributed by atoms with E-state index >= 15 is 0 Å². The molecule has 4 heteroatoms. The minimum atomic E-state index is -0.0238. The molecule has 0 radical (unpaired) electrons. The van der Waals surface area contributed by atoms with Gasteiger partial charge in [0.05, 0.1) is 6.61 Å². The quantitative estimate of drug-likeness (QED) is 0.925. The summed E-state index contributed by atoms with van der Waals surface area (Å²) in [5.41, 5.74) is 3.46. The van der Waals surface area contributed by atoms with Gasteiger partial charge in [-0.25, -0.2) is 9.97 Å². The van der Waals surface area contributed by atoms with Crippen molar-refractivity contribution in [3.8, 4) is 0 Å². The average Bonchev–Trinajstić information content (AvgIpc) is 2.32. The van der Waals surface area contributed by atoms with Crippen LogP contribution in [-0.4, -0.2) is 15.1 Å².